The number of hydrogen-bond acceptors (Lipinski definition) is 5. The molecule has 0 heterocycles. The molecule has 7 heteroatoms. The van der Waals surface area contributed by atoms with E-state index in [0.29, 0.717) is 24.5 Å². The molecule has 0 saturated carbocycles. The van der Waals surface area contributed by atoms with Gasteiger partial charge in [0.25, 0.3) is 0 Å². The van der Waals surface area contributed by atoms with Gasteiger partial charge in [-0.05, 0) is 39.0 Å². The third-order valence-corrected chi connectivity index (χ3v) is 3.50. The highest BCUT2D eigenvalue weighted by Gasteiger charge is 2.18. The van der Waals surface area contributed by atoms with E-state index in [0.717, 1.165) is 0 Å². The Morgan fingerprint density at radius 2 is 2.00 bits per heavy atom. The number of anilines is 2. The van der Waals surface area contributed by atoms with Gasteiger partial charge >= 0.3 is 0 Å². The monoisotopic (exact) mass is 287 g/mol. The third-order valence-electron chi connectivity index (χ3n) is 2.59. The molecule has 0 aliphatic rings. The molecular weight excluding hydrogens is 266 g/mol. The Morgan fingerprint density at radius 1 is 1.37 bits per heavy atom. The summed E-state index contributed by atoms with van der Waals surface area (Å²) in [5, 5.41) is 8.17. The van der Waals surface area contributed by atoms with Gasteiger partial charge in [0, 0.05) is 13.2 Å². The Balaban J connectivity index is 2.82. The lowest BCUT2D eigenvalue weighted by Gasteiger charge is -2.25. The number of ether oxygens (including phenoxy) is 1. The van der Waals surface area contributed by atoms with E-state index in [1.807, 2.05) is 20.8 Å². The lowest BCUT2D eigenvalue weighted by atomic mass is 10.1. The van der Waals surface area contributed by atoms with Crippen LogP contribution in [0.2, 0.25) is 0 Å². The summed E-state index contributed by atoms with van der Waals surface area (Å²) in [7, 11) is -3.73. The van der Waals surface area contributed by atoms with E-state index in [-0.39, 0.29) is 10.5 Å². The molecule has 0 unspecified atom stereocenters. The zero-order chi connectivity index (χ0) is 14.7. The highest BCUT2D eigenvalue weighted by molar-refractivity contribution is 7.89. The molecule has 0 bridgehead atoms. The summed E-state index contributed by atoms with van der Waals surface area (Å²) in [5.74, 6) is 0. The number of hydrogen-bond donors (Lipinski definition) is 3. The number of primary sulfonamides is 1. The van der Waals surface area contributed by atoms with Gasteiger partial charge in [0.1, 0.15) is 0 Å². The van der Waals surface area contributed by atoms with Gasteiger partial charge in [0.15, 0.2) is 0 Å². The van der Waals surface area contributed by atoms with Crippen molar-refractivity contribution >= 4 is 21.4 Å². The van der Waals surface area contributed by atoms with Crippen molar-refractivity contribution < 1.29 is 13.2 Å². The van der Waals surface area contributed by atoms with E-state index in [1.54, 1.807) is 6.07 Å². The van der Waals surface area contributed by atoms with E-state index in [4.69, 9.17) is 15.6 Å². The number of nitrogen functional groups attached to an aromatic ring is 1. The fourth-order valence-corrected chi connectivity index (χ4v) is 2.18. The molecule has 0 aliphatic heterocycles. The first-order valence-corrected chi connectivity index (χ1v) is 7.50. The fourth-order valence-electron chi connectivity index (χ4n) is 1.63. The van der Waals surface area contributed by atoms with Crippen LogP contribution < -0.4 is 16.2 Å². The van der Waals surface area contributed by atoms with Crippen molar-refractivity contribution in [3.05, 3.63) is 18.2 Å². The molecule has 19 heavy (non-hydrogen) atoms. The second kappa shape index (κ2) is 5.77. The van der Waals surface area contributed by atoms with Crippen LogP contribution in [0.15, 0.2) is 23.1 Å². The topological polar surface area (TPSA) is 107 Å². The van der Waals surface area contributed by atoms with Crippen LogP contribution in [0.4, 0.5) is 11.4 Å². The Kier molecular flexibility index (Phi) is 4.78. The predicted octanol–water partition coefficient (Wildman–Crippen LogP) is 1.14. The smallest absolute Gasteiger partial charge is 0.238 e. The highest BCUT2D eigenvalue weighted by Crippen LogP contribution is 2.23. The number of nitrogens with two attached hydrogens (primary N) is 2. The molecule has 0 spiro atoms. The van der Waals surface area contributed by atoms with Crippen molar-refractivity contribution in [1.29, 1.82) is 0 Å². The molecular formula is C12H21N3O3S. The molecule has 0 radical (unpaired) electrons. The minimum absolute atomic E-state index is 0.000353. The molecule has 6 nitrogen and oxygen atoms in total. The van der Waals surface area contributed by atoms with Gasteiger partial charge in [-0.2, -0.15) is 0 Å². The maximum atomic E-state index is 11.2. The molecule has 0 aromatic heterocycles. The molecule has 5 N–H and O–H groups in total. The fraction of sp³-hybridized carbons (Fsp3) is 0.500. The SMILES string of the molecule is CCOC(C)(C)CNc1ccc(S(N)(=O)=O)cc1N. The van der Waals surface area contributed by atoms with Gasteiger partial charge in [-0.1, -0.05) is 0 Å². The van der Waals surface area contributed by atoms with Crippen molar-refractivity contribution in [1.82, 2.24) is 0 Å². The molecule has 0 saturated heterocycles. The van der Waals surface area contributed by atoms with E-state index < -0.39 is 10.0 Å². The quantitative estimate of drug-likeness (QED) is 0.680. The molecule has 0 aliphatic carbocycles. The number of nitrogens with one attached hydrogen (secondary N) is 1. The van der Waals surface area contributed by atoms with Crippen LogP contribution in [0, 0.1) is 0 Å². The molecule has 1 aromatic rings. The molecule has 1 rings (SSSR count). The second-order valence-corrected chi connectivity index (χ2v) is 6.40. The maximum Gasteiger partial charge on any atom is 0.238 e. The standard InChI is InChI=1S/C12H21N3O3S/c1-4-18-12(2,3)8-15-11-6-5-9(7-10(11)13)19(14,16)17/h5-7,15H,4,8,13H2,1-3H3,(H2,14,16,17). The summed E-state index contributed by atoms with van der Waals surface area (Å²) in [6, 6.07) is 4.35. The first-order valence-electron chi connectivity index (χ1n) is 5.96. The summed E-state index contributed by atoms with van der Waals surface area (Å²) in [6.45, 7) is 7.02. The highest BCUT2D eigenvalue weighted by atomic mass is 32.2. The average Bonchev–Trinajstić information content (AvgIpc) is 2.26. The summed E-state index contributed by atoms with van der Waals surface area (Å²) in [5.41, 5.74) is 6.45. The van der Waals surface area contributed by atoms with E-state index in [1.165, 1.54) is 12.1 Å². The van der Waals surface area contributed by atoms with Gasteiger partial charge < -0.3 is 15.8 Å². The second-order valence-electron chi connectivity index (χ2n) is 4.84. The van der Waals surface area contributed by atoms with E-state index >= 15 is 0 Å². The van der Waals surface area contributed by atoms with Gasteiger partial charge in [0.2, 0.25) is 10.0 Å². The van der Waals surface area contributed by atoms with Gasteiger partial charge in [-0.3, -0.25) is 0 Å². The lowest BCUT2D eigenvalue weighted by molar-refractivity contribution is 0.000708. The van der Waals surface area contributed by atoms with Crippen LogP contribution in [-0.2, 0) is 14.8 Å². The first kappa shape index (κ1) is 15.7. The number of benzene rings is 1. The molecule has 0 amide bonds. The largest absolute Gasteiger partial charge is 0.397 e. The number of sulfonamides is 1. The van der Waals surface area contributed by atoms with Crippen LogP contribution in [0.25, 0.3) is 0 Å². The normalized spacial score (nSPS) is 12.4. The van der Waals surface area contributed by atoms with Gasteiger partial charge in [0.05, 0.1) is 21.9 Å². The lowest BCUT2D eigenvalue weighted by Crippen LogP contribution is -2.33. The Morgan fingerprint density at radius 3 is 2.47 bits per heavy atom. The van der Waals surface area contributed by atoms with Crippen LogP contribution in [0.1, 0.15) is 20.8 Å². The van der Waals surface area contributed by atoms with Crippen molar-refractivity contribution in [2.24, 2.45) is 5.14 Å². The number of rotatable bonds is 6. The zero-order valence-corrected chi connectivity index (χ0v) is 12.3. The van der Waals surface area contributed by atoms with Crippen LogP contribution in [-0.4, -0.2) is 27.2 Å². The van der Waals surface area contributed by atoms with Crippen LogP contribution >= 0.6 is 0 Å². The predicted molar refractivity (Wildman–Crippen MR) is 76.4 cm³/mol. The summed E-state index contributed by atoms with van der Waals surface area (Å²) in [4.78, 5) is -0.000353. The Labute approximate surface area is 114 Å². The maximum absolute atomic E-state index is 11.2. The van der Waals surface area contributed by atoms with Crippen molar-refractivity contribution in [3.8, 4) is 0 Å². The van der Waals surface area contributed by atoms with Crippen LogP contribution in [0.5, 0.6) is 0 Å². The third kappa shape index (κ3) is 4.70. The van der Waals surface area contributed by atoms with Crippen molar-refractivity contribution in [3.63, 3.8) is 0 Å². The summed E-state index contributed by atoms with van der Waals surface area (Å²) >= 11 is 0. The minimum Gasteiger partial charge on any atom is -0.397 e. The van der Waals surface area contributed by atoms with Crippen molar-refractivity contribution in [2.75, 3.05) is 24.2 Å². The molecule has 108 valence electrons. The van der Waals surface area contributed by atoms with Gasteiger partial charge in [-0.15, -0.1) is 0 Å². The Hall–Kier alpha value is -1.31. The zero-order valence-electron chi connectivity index (χ0n) is 11.4. The Bertz CT molecular complexity index is 541. The first-order chi connectivity index (χ1) is 8.65. The van der Waals surface area contributed by atoms with Crippen molar-refractivity contribution in [2.45, 2.75) is 31.3 Å². The molecule has 0 atom stereocenters. The summed E-state index contributed by atoms with van der Waals surface area (Å²) < 4.78 is 27.9. The van der Waals surface area contributed by atoms with Gasteiger partial charge in [-0.25, -0.2) is 13.6 Å². The molecule has 0 fully saturated rings. The minimum atomic E-state index is -3.73. The summed E-state index contributed by atoms with van der Waals surface area (Å²) in [6.07, 6.45) is 0. The van der Waals surface area contributed by atoms with E-state index in [9.17, 15) is 8.42 Å². The average molecular weight is 287 g/mol. The van der Waals surface area contributed by atoms with E-state index in [2.05, 4.69) is 5.32 Å². The molecule has 1 aromatic carbocycles. The van der Waals surface area contributed by atoms with Crippen LogP contribution in [0.3, 0.4) is 0 Å².